The highest BCUT2D eigenvalue weighted by Gasteiger charge is 2.37. The summed E-state index contributed by atoms with van der Waals surface area (Å²) in [5, 5.41) is 0.644. The van der Waals surface area contributed by atoms with Gasteiger partial charge in [-0.05, 0) is 49.2 Å². The Hall–Kier alpha value is -2.24. The molecule has 0 aliphatic carbocycles. The molecule has 5 nitrogen and oxygen atoms in total. The molecule has 3 rings (SSSR count). The maximum Gasteiger partial charge on any atom is 0.299 e. The molecule has 2 aromatic carbocycles. The lowest BCUT2D eigenvalue weighted by Gasteiger charge is -2.17. The number of anilines is 1. The van der Waals surface area contributed by atoms with E-state index < -0.39 is 11.7 Å². The average Bonchev–Trinajstić information content (AvgIpc) is 2.87. The number of hydrogen-bond donors (Lipinski definition) is 0. The predicted molar refractivity (Wildman–Crippen MR) is 101 cm³/mol. The minimum Gasteiger partial charge on any atom is -0.497 e. The van der Waals surface area contributed by atoms with Crippen LogP contribution < -0.4 is 14.4 Å². The summed E-state index contributed by atoms with van der Waals surface area (Å²) in [6.07, 6.45) is 1.40. The van der Waals surface area contributed by atoms with Crippen molar-refractivity contribution in [1.82, 2.24) is 0 Å². The predicted octanol–water partition coefficient (Wildman–Crippen LogP) is 4.39. The van der Waals surface area contributed by atoms with Crippen molar-refractivity contribution in [2.45, 2.75) is 12.8 Å². The topological polar surface area (TPSA) is 55.8 Å². The van der Waals surface area contributed by atoms with Crippen molar-refractivity contribution < 1.29 is 19.1 Å². The number of ether oxygens (including phenoxy) is 2. The van der Waals surface area contributed by atoms with E-state index in [-0.39, 0.29) is 5.56 Å². The zero-order valence-corrected chi connectivity index (χ0v) is 15.6. The first kappa shape index (κ1) is 18.5. The number of carbonyl (C=O) groups excluding carboxylic acids is 2. The third-order valence-corrected chi connectivity index (χ3v) is 4.59. The molecule has 0 aromatic heterocycles. The van der Waals surface area contributed by atoms with Gasteiger partial charge in [-0.15, -0.1) is 0 Å². The molecule has 1 heterocycles. The van der Waals surface area contributed by atoms with E-state index in [0.29, 0.717) is 35.3 Å². The van der Waals surface area contributed by atoms with Crippen LogP contribution in [0.25, 0.3) is 0 Å². The highest BCUT2D eigenvalue weighted by molar-refractivity contribution is 6.54. The van der Waals surface area contributed by atoms with E-state index in [1.165, 1.54) is 17.0 Å². The van der Waals surface area contributed by atoms with Gasteiger partial charge in [0.25, 0.3) is 11.7 Å². The van der Waals surface area contributed by atoms with Crippen LogP contribution in [0.15, 0.2) is 36.4 Å². The van der Waals surface area contributed by atoms with Gasteiger partial charge in [-0.25, -0.2) is 0 Å². The molecule has 0 radical (unpaired) electrons. The van der Waals surface area contributed by atoms with E-state index in [9.17, 15) is 9.59 Å². The van der Waals surface area contributed by atoms with Crippen molar-refractivity contribution in [3.05, 3.63) is 52.0 Å². The highest BCUT2D eigenvalue weighted by atomic mass is 35.5. The first-order valence-electron chi connectivity index (χ1n) is 8.13. The average molecular weight is 394 g/mol. The monoisotopic (exact) mass is 393 g/mol. The zero-order valence-electron chi connectivity index (χ0n) is 14.1. The Morgan fingerprint density at radius 2 is 1.69 bits per heavy atom. The van der Waals surface area contributed by atoms with E-state index in [2.05, 4.69) is 0 Å². The maximum absolute atomic E-state index is 12.2. The number of ketones is 1. The fourth-order valence-corrected chi connectivity index (χ4v) is 3.40. The van der Waals surface area contributed by atoms with Gasteiger partial charge in [0.1, 0.15) is 11.5 Å². The van der Waals surface area contributed by atoms with Gasteiger partial charge in [0.2, 0.25) is 0 Å². The molecule has 136 valence electrons. The zero-order chi connectivity index (χ0) is 18.7. The normalized spacial score (nSPS) is 13.1. The quantitative estimate of drug-likeness (QED) is 0.516. The van der Waals surface area contributed by atoms with Crippen molar-refractivity contribution in [2.75, 3.05) is 25.2 Å². The molecule has 1 aliphatic heterocycles. The van der Waals surface area contributed by atoms with E-state index in [0.717, 1.165) is 17.9 Å². The third kappa shape index (κ3) is 3.79. The van der Waals surface area contributed by atoms with Crippen molar-refractivity contribution in [3.8, 4) is 11.5 Å². The van der Waals surface area contributed by atoms with E-state index in [1.54, 1.807) is 7.11 Å². The van der Waals surface area contributed by atoms with Crippen LogP contribution >= 0.6 is 23.2 Å². The van der Waals surface area contributed by atoms with Crippen LogP contribution in [0.3, 0.4) is 0 Å². The van der Waals surface area contributed by atoms with Gasteiger partial charge in [0, 0.05) is 11.6 Å². The first-order chi connectivity index (χ1) is 12.5. The minimum absolute atomic E-state index is 0.266. The van der Waals surface area contributed by atoms with Gasteiger partial charge < -0.3 is 14.4 Å². The summed E-state index contributed by atoms with van der Waals surface area (Å²) in [7, 11) is 1.61. The van der Waals surface area contributed by atoms with Crippen LogP contribution in [0.2, 0.25) is 10.0 Å². The first-order valence-corrected chi connectivity index (χ1v) is 8.89. The molecular formula is C19H17Cl2NO4. The highest BCUT2D eigenvalue weighted by Crippen LogP contribution is 2.38. The lowest BCUT2D eigenvalue weighted by Crippen LogP contribution is -2.31. The maximum atomic E-state index is 12.2. The summed E-state index contributed by atoms with van der Waals surface area (Å²) in [6, 6.07) is 10.3. The number of methoxy groups -OCH3 is 1. The van der Waals surface area contributed by atoms with Crippen molar-refractivity contribution in [2.24, 2.45) is 0 Å². The molecular weight excluding hydrogens is 377 g/mol. The summed E-state index contributed by atoms with van der Waals surface area (Å²) < 4.78 is 10.8. The molecule has 0 N–H and O–H groups in total. The van der Waals surface area contributed by atoms with Crippen LogP contribution in [0.5, 0.6) is 11.5 Å². The third-order valence-electron chi connectivity index (χ3n) is 4.09. The number of carbonyl (C=O) groups is 2. The lowest BCUT2D eigenvalue weighted by atomic mass is 10.1. The molecule has 2 aromatic rings. The largest absolute Gasteiger partial charge is 0.497 e. The summed E-state index contributed by atoms with van der Waals surface area (Å²) in [5.74, 6) is 0.380. The molecule has 0 spiro atoms. The molecule has 0 fully saturated rings. The Balaban J connectivity index is 1.54. The number of hydrogen-bond acceptors (Lipinski definition) is 4. The Morgan fingerprint density at radius 3 is 2.38 bits per heavy atom. The Morgan fingerprint density at radius 1 is 1.00 bits per heavy atom. The van der Waals surface area contributed by atoms with Gasteiger partial charge in [0.05, 0.1) is 30.0 Å². The van der Waals surface area contributed by atoms with Gasteiger partial charge in [-0.2, -0.15) is 0 Å². The number of rotatable bonds is 7. The molecule has 7 heteroatoms. The molecule has 1 aliphatic rings. The van der Waals surface area contributed by atoms with E-state index >= 15 is 0 Å². The van der Waals surface area contributed by atoms with E-state index in [4.69, 9.17) is 32.7 Å². The van der Waals surface area contributed by atoms with Gasteiger partial charge in [0.15, 0.2) is 0 Å². The standard InChI is InChI=1S/C19H17Cl2NO4/c1-25-13-4-6-14(7-5-13)26-9-3-2-8-22-17-15(18(23)19(22)24)10-12(20)11-16(17)21/h4-7,10-11H,2-3,8-9H2,1H3. The summed E-state index contributed by atoms with van der Waals surface area (Å²) in [4.78, 5) is 25.7. The minimum atomic E-state index is -0.570. The Bertz CT molecular complexity index is 836. The number of nitrogens with zero attached hydrogens (tertiary/aromatic N) is 1. The van der Waals surface area contributed by atoms with Crippen LogP contribution in [-0.4, -0.2) is 32.0 Å². The fourth-order valence-electron chi connectivity index (χ4n) is 2.80. The van der Waals surface area contributed by atoms with Crippen molar-refractivity contribution in [3.63, 3.8) is 0 Å². The molecule has 0 saturated carbocycles. The smallest absolute Gasteiger partial charge is 0.299 e. The van der Waals surface area contributed by atoms with E-state index in [1.807, 2.05) is 24.3 Å². The van der Waals surface area contributed by atoms with Crippen LogP contribution in [-0.2, 0) is 4.79 Å². The molecule has 1 amide bonds. The van der Waals surface area contributed by atoms with Crippen LogP contribution in [0.1, 0.15) is 23.2 Å². The second kappa shape index (κ2) is 7.98. The SMILES string of the molecule is COc1ccc(OCCCCN2C(=O)C(=O)c3cc(Cl)cc(Cl)c32)cc1. The number of amides is 1. The molecule has 0 bridgehead atoms. The number of benzene rings is 2. The van der Waals surface area contributed by atoms with Crippen LogP contribution in [0, 0.1) is 0 Å². The van der Waals surface area contributed by atoms with Crippen molar-refractivity contribution in [1.29, 1.82) is 0 Å². The summed E-state index contributed by atoms with van der Waals surface area (Å²) >= 11 is 12.1. The molecule has 26 heavy (non-hydrogen) atoms. The van der Waals surface area contributed by atoms with Gasteiger partial charge in [-0.3, -0.25) is 9.59 Å². The fraction of sp³-hybridized carbons (Fsp3) is 0.263. The summed E-state index contributed by atoms with van der Waals surface area (Å²) in [6.45, 7) is 0.897. The van der Waals surface area contributed by atoms with Crippen molar-refractivity contribution >= 4 is 40.6 Å². The Kier molecular flexibility index (Phi) is 5.69. The number of halogens is 2. The molecule has 0 atom stereocenters. The second-order valence-electron chi connectivity index (χ2n) is 5.80. The summed E-state index contributed by atoms with van der Waals surface area (Å²) in [5.41, 5.74) is 0.712. The lowest BCUT2D eigenvalue weighted by molar-refractivity contribution is -0.114. The van der Waals surface area contributed by atoms with Crippen LogP contribution in [0.4, 0.5) is 5.69 Å². The van der Waals surface area contributed by atoms with Gasteiger partial charge >= 0.3 is 0 Å². The Labute approximate surface area is 161 Å². The second-order valence-corrected chi connectivity index (χ2v) is 6.64. The number of fused-ring (bicyclic) bond motifs is 1. The van der Waals surface area contributed by atoms with Gasteiger partial charge in [-0.1, -0.05) is 23.2 Å². The number of Topliss-reactive ketones (excluding diaryl/α,β-unsaturated/α-hetero) is 1. The molecule has 0 unspecified atom stereocenters. The number of unbranched alkanes of at least 4 members (excludes halogenated alkanes) is 1. The molecule has 0 saturated heterocycles.